The van der Waals surface area contributed by atoms with Crippen LogP contribution >= 0.6 is 0 Å². The van der Waals surface area contributed by atoms with Crippen molar-refractivity contribution in [2.24, 2.45) is 0 Å². The van der Waals surface area contributed by atoms with Gasteiger partial charge in [0.25, 0.3) is 5.91 Å². The lowest BCUT2D eigenvalue weighted by molar-refractivity contribution is 0.0915. The summed E-state index contributed by atoms with van der Waals surface area (Å²) >= 11 is 0. The molecule has 0 saturated carbocycles. The molecule has 8 heteroatoms. The number of carbonyl (C=O) groups is 1. The van der Waals surface area contributed by atoms with Crippen molar-refractivity contribution < 1.29 is 18.3 Å². The quantitative estimate of drug-likeness (QED) is 0.397. The number of carbonyl (C=O) groups excluding carboxylic acids is 1. The van der Waals surface area contributed by atoms with Gasteiger partial charge in [0.1, 0.15) is 23.9 Å². The number of rotatable bonds is 12. The molecule has 6 nitrogen and oxygen atoms in total. The van der Waals surface area contributed by atoms with Gasteiger partial charge in [-0.1, -0.05) is 39.7 Å². The van der Waals surface area contributed by atoms with E-state index in [0.717, 1.165) is 38.9 Å². The second-order valence-electron chi connectivity index (χ2n) is 8.40. The van der Waals surface area contributed by atoms with E-state index >= 15 is 0 Å². The highest BCUT2D eigenvalue weighted by molar-refractivity contribution is 5.95. The number of fused-ring (bicyclic) bond motifs is 1. The first-order chi connectivity index (χ1) is 16.4. The normalized spacial score (nSPS) is 12.3. The second-order valence-corrected chi connectivity index (χ2v) is 8.40. The number of aromatic nitrogens is 2. The smallest absolute Gasteiger partial charge is 0.270 e. The first-order valence-corrected chi connectivity index (χ1v) is 12.0. The number of nitrogens with one attached hydrogen (secondary N) is 1. The van der Waals surface area contributed by atoms with Gasteiger partial charge in [-0.05, 0) is 50.7 Å². The van der Waals surface area contributed by atoms with Crippen LogP contribution in [0.3, 0.4) is 0 Å². The molecule has 3 rings (SSSR count). The standard InChI is InChI=1S/C26H34F2N4O2/c1-5-8-11-19(16-31(6-2)7-3)30-26(33)24-18(4)29-25-23(14-10-15-32(24)25)34-17-20-21(27)12-9-13-22(20)28/h9-10,12-15,19H,5-8,11,16-17H2,1-4H3,(H,30,33)/t19-/m1/s1. The van der Waals surface area contributed by atoms with Crippen LogP contribution in [0, 0.1) is 18.6 Å². The van der Waals surface area contributed by atoms with Gasteiger partial charge in [0.2, 0.25) is 0 Å². The predicted molar refractivity (Wildman–Crippen MR) is 129 cm³/mol. The zero-order valence-corrected chi connectivity index (χ0v) is 20.4. The molecular weight excluding hydrogens is 438 g/mol. The Morgan fingerprint density at radius 3 is 2.50 bits per heavy atom. The summed E-state index contributed by atoms with van der Waals surface area (Å²) in [5.74, 6) is -1.19. The molecule has 1 aromatic carbocycles. The van der Waals surface area contributed by atoms with Crippen LogP contribution < -0.4 is 10.1 Å². The lowest BCUT2D eigenvalue weighted by Gasteiger charge is -2.26. The fourth-order valence-electron chi connectivity index (χ4n) is 4.07. The minimum absolute atomic E-state index is 0.0285. The maximum atomic E-state index is 14.0. The molecule has 0 fully saturated rings. The van der Waals surface area contributed by atoms with Crippen molar-refractivity contribution in [2.45, 2.75) is 59.6 Å². The number of amides is 1. The van der Waals surface area contributed by atoms with Gasteiger partial charge < -0.3 is 15.0 Å². The minimum Gasteiger partial charge on any atom is -0.485 e. The average molecular weight is 473 g/mol. The van der Waals surface area contributed by atoms with E-state index in [0.29, 0.717) is 22.8 Å². The fraction of sp³-hybridized carbons (Fsp3) is 0.462. The summed E-state index contributed by atoms with van der Waals surface area (Å²) < 4.78 is 35.4. The lowest BCUT2D eigenvalue weighted by atomic mass is 10.1. The molecule has 2 aromatic heterocycles. The Kier molecular flexibility index (Phi) is 8.98. The van der Waals surface area contributed by atoms with E-state index < -0.39 is 11.6 Å². The summed E-state index contributed by atoms with van der Waals surface area (Å²) in [7, 11) is 0. The van der Waals surface area contributed by atoms with Crippen LogP contribution in [0.4, 0.5) is 8.78 Å². The van der Waals surface area contributed by atoms with E-state index in [2.05, 4.69) is 36.0 Å². The number of unbranched alkanes of at least 4 members (excludes halogenated alkanes) is 1. The molecule has 3 aromatic rings. The maximum Gasteiger partial charge on any atom is 0.270 e. The van der Waals surface area contributed by atoms with E-state index in [1.165, 1.54) is 18.2 Å². The van der Waals surface area contributed by atoms with Crippen molar-refractivity contribution in [3.8, 4) is 5.75 Å². The Morgan fingerprint density at radius 2 is 1.85 bits per heavy atom. The van der Waals surface area contributed by atoms with Crippen LogP contribution in [0.25, 0.3) is 5.65 Å². The Hall–Kier alpha value is -3.00. The van der Waals surface area contributed by atoms with Crippen LogP contribution in [0.15, 0.2) is 36.5 Å². The van der Waals surface area contributed by atoms with Gasteiger partial charge in [0.15, 0.2) is 11.4 Å². The molecule has 0 spiro atoms. The van der Waals surface area contributed by atoms with E-state index in [1.807, 2.05) is 0 Å². The fourth-order valence-corrected chi connectivity index (χ4v) is 4.07. The first kappa shape index (κ1) is 25.6. The lowest BCUT2D eigenvalue weighted by Crippen LogP contribution is -2.44. The molecule has 184 valence electrons. The Bertz CT molecular complexity index is 1090. The Morgan fingerprint density at radius 1 is 1.15 bits per heavy atom. The van der Waals surface area contributed by atoms with Gasteiger partial charge in [0.05, 0.1) is 11.3 Å². The monoisotopic (exact) mass is 472 g/mol. The summed E-state index contributed by atoms with van der Waals surface area (Å²) in [5, 5.41) is 3.20. The molecule has 0 radical (unpaired) electrons. The predicted octanol–water partition coefficient (Wildman–Crippen LogP) is 5.13. The Balaban J connectivity index is 1.84. The van der Waals surface area contributed by atoms with Gasteiger partial charge in [0, 0.05) is 18.8 Å². The molecule has 1 amide bonds. The highest BCUT2D eigenvalue weighted by atomic mass is 19.1. The van der Waals surface area contributed by atoms with Crippen molar-refractivity contribution in [3.63, 3.8) is 0 Å². The summed E-state index contributed by atoms with van der Waals surface area (Å²) in [6.45, 7) is 10.5. The van der Waals surface area contributed by atoms with Gasteiger partial charge in [-0.25, -0.2) is 13.8 Å². The SMILES string of the molecule is CCCC[C@H](CN(CC)CC)NC(=O)c1c(C)nc2c(OCc3c(F)cccc3F)cccn12. The van der Waals surface area contributed by atoms with E-state index in [-0.39, 0.29) is 24.1 Å². The summed E-state index contributed by atoms with van der Waals surface area (Å²) in [6, 6.07) is 7.12. The molecule has 0 aliphatic rings. The third kappa shape index (κ3) is 5.91. The number of likely N-dealkylation sites (N-methyl/N-ethyl adjacent to an activating group) is 1. The van der Waals surface area contributed by atoms with Crippen molar-refractivity contribution >= 4 is 11.6 Å². The van der Waals surface area contributed by atoms with Gasteiger partial charge in [-0.3, -0.25) is 9.20 Å². The number of pyridine rings is 1. The number of halogens is 2. The second kappa shape index (κ2) is 11.9. The summed E-state index contributed by atoms with van der Waals surface area (Å²) in [5.41, 5.74) is 1.26. The highest BCUT2D eigenvalue weighted by Crippen LogP contribution is 2.24. The van der Waals surface area contributed by atoms with Crippen LogP contribution in [-0.2, 0) is 6.61 Å². The zero-order chi connectivity index (χ0) is 24.7. The van der Waals surface area contributed by atoms with E-state index in [9.17, 15) is 13.6 Å². The molecule has 1 atom stereocenters. The molecule has 2 heterocycles. The first-order valence-electron chi connectivity index (χ1n) is 12.0. The number of benzene rings is 1. The van der Waals surface area contributed by atoms with Gasteiger partial charge in [-0.15, -0.1) is 0 Å². The van der Waals surface area contributed by atoms with E-state index in [1.54, 1.807) is 29.7 Å². The molecule has 0 unspecified atom stereocenters. The number of imidazole rings is 1. The maximum absolute atomic E-state index is 14.0. The topological polar surface area (TPSA) is 58.9 Å². The third-order valence-electron chi connectivity index (χ3n) is 6.05. The molecule has 0 saturated heterocycles. The molecule has 0 bridgehead atoms. The van der Waals surface area contributed by atoms with Crippen molar-refractivity contribution in [2.75, 3.05) is 19.6 Å². The molecular formula is C26H34F2N4O2. The van der Waals surface area contributed by atoms with Crippen LogP contribution in [0.1, 0.15) is 61.8 Å². The molecule has 0 aliphatic heterocycles. The average Bonchev–Trinajstić information content (AvgIpc) is 3.16. The largest absolute Gasteiger partial charge is 0.485 e. The number of ether oxygens (including phenoxy) is 1. The van der Waals surface area contributed by atoms with Gasteiger partial charge in [-0.2, -0.15) is 0 Å². The van der Waals surface area contributed by atoms with Crippen LogP contribution in [0.5, 0.6) is 5.75 Å². The van der Waals surface area contributed by atoms with Crippen LogP contribution in [0.2, 0.25) is 0 Å². The van der Waals surface area contributed by atoms with Crippen molar-refractivity contribution in [1.82, 2.24) is 19.6 Å². The zero-order valence-electron chi connectivity index (χ0n) is 20.4. The summed E-state index contributed by atoms with van der Waals surface area (Å²) in [4.78, 5) is 20.2. The van der Waals surface area contributed by atoms with E-state index in [4.69, 9.17) is 4.74 Å². The number of nitrogens with zero attached hydrogens (tertiary/aromatic N) is 3. The molecule has 34 heavy (non-hydrogen) atoms. The number of aryl methyl sites for hydroxylation is 1. The summed E-state index contributed by atoms with van der Waals surface area (Å²) in [6.07, 6.45) is 4.73. The molecule has 1 N–H and O–H groups in total. The van der Waals surface area contributed by atoms with Crippen molar-refractivity contribution in [1.29, 1.82) is 0 Å². The number of hydrogen-bond donors (Lipinski definition) is 1. The van der Waals surface area contributed by atoms with Gasteiger partial charge >= 0.3 is 0 Å². The number of hydrogen-bond acceptors (Lipinski definition) is 4. The molecule has 0 aliphatic carbocycles. The highest BCUT2D eigenvalue weighted by Gasteiger charge is 2.22. The van der Waals surface area contributed by atoms with Crippen LogP contribution in [-0.4, -0.2) is 45.9 Å². The Labute approximate surface area is 199 Å². The minimum atomic E-state index is -0.669. The van der Waals surface area contributed by atoms with Crippen molar-refractivity contribution in [3.05, 3.63) is 65.1 Å². The third-order valence-corrected chi connectivity index (χ3v) is 6.05.